The average Bonchev–Trinajstić information content (AvgIpc) is 2.83. The number of rotatable bonds is 4. The van der Waals surface area contributed by atoms with E-state index >= 15 is 0 Å². The summed E-state index contributed by atoms with van der Waals surface area (Å²) in [7, 11) is 0. The maximum Gasteiger partial charge on any atom is 0.183 e. The van der Waals surface area contributed by atoms with Crippen molar-refractivity contribution in [3.8, 4) is 10.6 Å². The monoisotopic (exact) mass is 281 g/mol. The molecular weight excluding hydrogens is 262 g/mol. The zero-order chi connectivity index (χ0) is 13.3. The smallest absolute Gasteiger partial charge is 0.183 e. The Morgan fingerprint density at radius 1 is 1.17 bits per heavy atom. The van der Waals surface area contributed by atoms with Gasteiger partial charge in [-0.1, -0.05) is 13.8 Å². The van der Waals surface area contributed by atoms with Crippen molar-refractivity contribution in [3.63, 3.8) is 0 Å². The minimum Gasteiger partial charge on any atom is -0.359 e. The van der Waals surface area contributed by atoms with Gasteiger partial charge in [-0.2, -0.15) is 0 Å². The van der Waals surface area contributed by atoms with Crippen LogP contribution in [0.25, 0.3) is 10.6 Å². The molecule has 2 aromatic heterocycles. The molecule has 0 saturated carbocycles. The topological polar surface area (TPSA) is 37.8 Å². The molecule has 0 aromatic carbocycles. The largest absolute Gasteiger partial charge is 0.359 e. The van der Waals surface area contributed by atoms with Crippen LogP contribution in [0.5, 0.6) is 0 Å². The summed E-state index contributed by atoms with van der Waals surface area (Å²) >= 11 is 3.39. The minimum atomic E-state index is 0.414. The Balaban J connectivity index is 2.33. The second-order valence-electron chi connectivity index (χ2n) is 4.94. The minimum absolute atomic E-state index is 0.414. The molecule has 0 atom stereocenters. The summed E-state index contributed by atoms with van der Waals surface area (Å²) in [6, 6.07) is 0.414. The van der Waals surface area contributed by atoms with Crippen molar-refractivity contribution in [2.24, 2.45) is 0 Å². The van der Waals surface area contributed by atoms with Crippen molar-refractivity contribution in [1.82, 2.24) is 9.97 Å². The molecule has 0 amide bonds. The number of hydrogen-bond donors (Lipinski definition) is 1. The fourth-order valence-electron chi connectivity index (χ4n) is 1.71. The van der Waals surface area contributed by atoms with Gasteiger partial charge in [0.15, 0.2) is 5.13 Å². The number of nitrogens with zero attached hydrogens (tertiary/aromatic N) is 2. The number of aromatic nitrogens is 2. The van der Waals surface area contributed by atoms with Crippen LogP contribution >= 0.6 is 22.7 Å². The van der Waals surface area contributed by atoms with Crippen molar-refractivity contribution >= 4 is 27.8 Å². The van der Waals surface area contributed by atoms with Crippen molar-refractivity contribution in [2.45, 2.75) is 46.6 Å². The van der Waals surface area contributed by atoms with Gasteiger partial charge in [0.25, 0.3) is 0 Å². The first-order valence-electron chi connectivity index (χ1n) is 6.17. The lowest BCUT2D eigenvalue weighted by Crippen LogP contribution is -2.08. The molecule has 2 rings (SSSR count). The Kier molecular flexibility index (Phi) is 4.02. The summed E-state index contributed by atoms with van der Waals surface area (Å²) in [5.74, 6) is 0.438. The first kappa shape index (κ1) is 13.5. The molecular formula is C13H19N3S2. The third-order valence-electron chi connectivity index (χ3n) is 2.46. The fourth-order valence-corrected chi connectivity index (χ4v) is 3.67. The Hall–Kier alpha value is -0.940. The normalized spacial score (nSPS) is 11.5. The number of thiazole rings is 2. The molecule has 0 aliphatic rings. The molecule has 98 valence electrons. The second kappa shape index (κ2) is 5.36. The highest BCUT2D eigenvalue weighted by molar-refractivity contribution is 7.16. The van der Waals surface area contributed by atoms with Gasteiger partial charge in [0.2, 0.25) is 0 Å². The molecule has 0 fully saturated rings. The zero-order valence-electron chi connectivity index (χ0n) is 11.4. The lowest BCUT2D eigenvalue weighted by molar-refractivity contribution is 0.830. The van der Waals surface area contributed by atoms with Crippen molar-refractivity contribution in [2.75, 3.05) is 5.32 Å². The van der Waals surface area contributed by atoms with Gasteiger partial charge in [-0.15, -0.1) is 22.7 Å². The molecule has 0 bridgehead atoms. The fraction of sp³-hybridized carbons (Fsp3) is 0.538. The number of hydrogen-bond acceptors (Lipinski definition) is 5. The van der Waals surface area contributed by atoms with Crippen LogP contribution in [-0.4, -0.2) is 16.0 Å². The van der Waals surface area contributed by atoms with Crippen LogP contribution in [0, 0.1) is 6.92 Å². The standard InChI is InChI=1S/C13H19N3S2/c1-7(2)11-12(18-9(5)15-11)10-6-17-13(16-10)14-8(3)4/h6-8H,1-5H3,(H,14,16). The SMILES string of the molecule is Cc1nc(C(C)C)c(-c2csc(NC(C)C)n2)s1. The first-order chi connectivity index (χ1) is 8.47. The highest BCUT2D eigenvalue weighted by Crippen LogP contribution is 2.35. The quantitative estimate of drug-likeness (QED) is 0.895. The molecule has 0 unspecified atom stereocenters. The summed E-state index contributed by atoms with van der Waals surface area (Å²) in [5.41, 5.74) is 2.22. The lowest BCUT2D eigenvalue weighted by atomic mass is 10.1. The van der Waals surface area contributed by atoms with Crippen molar-refractivity contribution in [3.05, 3.63) is 16.1 Å². The predicted molar refractivity (Wildman–Crippen MR) is 80.8 cm³/mol. The number of anilines is 1. The van der Waals surface area contributed by atoms with Crippen molar-refractivity contribution in [1.29, 1.82) is 0 Å². The van der Waals surface area contributed by atoms with E-state index < -0.39 is 0 Å². The van der Waals surface area contributed by atoms with E-state index in [4.69, 9.17) is 0 Å². The molecule has 0 aliphatic heterocycles. The molecule has 2 aromatic rings. The van der Waals surface area contributed by atoms with Gasteiger partial charge in [0.1, 0.15) is 0 Å². The Labute approximate surface area is 116 Å². The van der Waals surface area contributed by atoms with Crippen LogP contribution < -0.4 is 5.32 Å². The average molecular weight is 281 g/mol. The van der Waals surface area contributed by atoms with E-state index in [9.17, 15) is 0 Å². The van der Waals surface area contributed by atoms with E-state index in [1.165, 1.54) is 10.6 Å². The third kappa shape index (κ3) is 2.90. The number of aryl methyl sites for hydroxylation is 1. The van der Waals surface area contributed by atoms with E-state index in [0.29, 0.717) is 12.0 Å². The molecule has 5 heteroatoms. The van der Waals surface area contributed by atoms with Gasteiger partial charge in [-0.05, 0) is 26.7 Å². The van der Waals surface area contributed by atoms with E-state index in [1.54, 1.807) is 22.7 Å². The summed E-state index contributed by atoms with van der Waals surface area (Å²) < 4.78 is 0. The predicted octanol–water partition coefficient (Wildman–Crippen LogP) is 4.52. The summed E-state index contributed by atoms with van der Waals surface area (Å²) in [4.78, 5) is 10.5. The second-order valence-corrected chi connectivity index (χ2v) is 7.00. The Morgan fingerprint density at radius 3 is 2.50 bits per heavy atom. The molecule has 0 radical (unpaired) electrons. The van der Waals surface area contributed by atoms with Crippen LogP contribution in [0.2, 0.25) is 0 Å². The van der Waals surface area contributed by atoms with Crippen LogP contribution in [0.15, 0.2) is 5.38 Å². The molecule has 0 spiro atoms. The van der Waals surface area contributed by atoms with E-state index in [1.807, 2.05) is 0 Å². The molecule has 18 heavy (non-hydrogen) atoms. The van der Waals surface area contributed by atoms with Gasteiger partial charge in [-0.25, -0.2) is 9.97 Å². The highest BCUT2D eigenvalue weighted by atomic mass is 32.1. The van der Waals surface area contributed by atoms with E-state index in [2.05, 4.69) is 55.3 Å². The molecule has 0 saturated heterocycles. The van der Waals surface area contributed by atoms with E-state index in [-0.39, 0.29) is 0 Å². The third-order valence-corrected chi connectivity index (χ3v) is 4.24. The van der Waals surface area contributed by atoms with Gasteiger partial charge in [0.05, 0.1) is 21.3 Å². The summed E-state index contributed by atoms with van der Waals surface area (Å²) in [5, 5.41) is 7.55. The van der Waals surface area contributed by atoms with Gasteiger partial charge in [0, 0.05) is 11.4 Å². The molecule has 2 heterocycles. The van der Waals surface area contributed by atoms with Crippen molar-refractivity contribution < 1.29 is 0 Å². The van der Waals surface area contributed by atoms with Gasteiger partial charge >= 0.3 is 0 Å². The van der Waals surface area contributed by atoms with Gasteiger partial charge < -0.3 is 5.32 Å². The zero-order valence-corrected chi connectivity index (χ0v) is 13.1. The molecule has 1 N–H and O–H groups in total. The van der Waals surface area contributed by atoms with Crippen LogP contribution in [-0.2, 0) is 0 Å². The van der Waals surface area contributed by atoms with Crippen LogP contribution in [0.1, 0.15) is 44.3 Å². The van der Waals surface area contributed by atoms with Crippen LogP contribution in [0.3, 0.4) is 0 Å². The summed E-state index contributed by atoms with van der Waals surface area (Å²) in [6.45, 7) is 10.7. The Bertz CT molecular complexity index is 526. The molecule has 3 nitrogen and oxygen atoms in total. The summed E-state index contributed by atoms with van der Waals surface area (Å²) in [6.07, 6.45) is 0. The Morgan fingerprint density at radius 2 is 1.89 bits per heavy atom. The number of nitrogens with one attached hydrogen (secondary N) is 1. The van der Waals surface area contributed by atoms with Crippen LogP contribution in [0.4, 0.5) is 5.13 Å². The first-order valence-corrected chi connectivity index (χ1v) is 7.86. The highest BCUT2D eigenvalue weighted by Gasteiger charge is 2.16. The van der Waals surface area contributed by atoms with Gasteiger partial charge in [-0.3, -0.25) is 0 Å². The lowest BCUT2D eigenvalue weighted by Gasteiger charge is -2.05. The maximum absolute atomic E-state index is 4.65. The maximum atomic E-state index is 4.65. The molecule has 0 aliphatic carbocycles. The van der Waals surface area contributed by atoms with E-state index in [0.717, 1.165) is 15.8 Å².